The Bertz CT molecular complexity index is 1110. The average Bonchev–Trinajstić information content (AvgIpc) is 3.26. The molecule has 9 nitrogen and oxygen atoms in total. The minimum Gasteiger partial charge on any atom is -0.466 e. The SMILES string of the molecule is CCCCCCCCC(CCCCCCCC)OC(=O)CCCCCCCN(CCCCCCCC(=O)OCCC(CCCCCC)C(C)C)CCCNC1=C(NC)C(O)C1=O. The molecule has 0 aliphatic heterocycles. The first-order chi connectivity index (χ1) is 30.2. The molecule has 0 aromatic rings. The third-order valence-corrected chi connectivity index (χ3v) is 13.2. The number of rotatable bonds is 46. The number of aliphatic hydroxyl groups is 1. The number of nitrogens with one attached hydrogen (secondary N) is 2. The van der Waals surface area contributed by atoms with E-state index >= 15 is 0 Å². The van der Waals surface area contributed by atoms with Crippen molar-refractivity contribution in [2.45, 2.75) is 259 Å². The summed E-state index contributed by atoms with van der Waals surface area (Å²) in [4.78, 5) is 40.0. The molecule has 1 rings (SSSR count). The standard InChI is InChI=1S/C53H101N3O6/c1-7-10-13-16-20-27-35-47(36-28-21-17-14-11-8-2)62-49(58)38-30-23-19-25-32-42-56(43-33-40-55-51-50(54-6)52(59)53(51)60)41-31-24-18-22-29-37-48(57)61-44-39-46(45(4)5)34-26-15-12-9-3/h45-47,52,54-55,59H,7-44H2,1-6H3. The van der Waals surface area contributed by atoms with Gasteiger partial charge < -0.3 is 30.1 Å². The summed E-state index contributed by atoms with van der Waals surface area (Å²) in [5, 5.41) is 16.1. The lowest BCUT2D eigenvalue weighted by molar-refractivity contribution is -0.150. The smallest absolute Gasteiger partial charge is 0.306 e. The number of aliphatic hydroxyl groups excluding tert-OH is 1. The summed E-state index contributed by atoms with van der Waals surface area (Å²) in [6, 6.07) is 0. The van der Waals surface area contributed by atoms with E-state index in [0.29, 0.717) is 49.2 Å². The lowest BCUT2D eigenvalue weighted by atomic mass is 9.88. The molecule has 0 heterocycles. The highest BCUT2D eigenvalue weighted by Crippen LogP contribution is 2.24. The number of ether oxygens (including phenoxy) is 2. The minimum atomic E-state index is -1.02. The van der Waals surface area contributed by atoms with Crippen LogP contribution in [0, 0.1) is 11.8 Å². The number of likely N-dealkylation sites (N-methyl/N-ethyl adjacent to an activating group) is 1. The molecule has 9 heteroatoms. The summed E-state index contributed by atoms with van der Waals surface area (Å²) in [7, 11) is 1.73. The number of carbonyl (C=O) groups excluding carboxylic acids is 3. The van der Waals surface area contributed by atoms with E-state index in [1.165, 1.54) is 109 Å². The quantitative estimate of drug-likeness (QED) is 0.0406. The molecular weight excluding hydrogens is 775 g/mol. The van der Waals surface area contributed by atoms with E-state index in [-0.39, 0.29) is 23.8 Å². The van der Waals surface area contributed by atoms with Crippen LogP contribution in [0.5, 0.6) is 0 Å². The fourth-order valence-corrected chi connectivity index (χ4v) is 8.88. The van der Waals surface area contributed by atoms with Gasteiger partial charge in [-0.2, -0.15) is 0 Å². The Balaban J connectivity index is 2.40. The van der Waals surface area contributed by atoms with E-state index < -0.39 is 6.10 Å². The maximum Gasteiger partial charge on any atom is 0.306 e. The summed E-state index contributed by atoms with van der Waals surface area (Å²) in [6.07, 6.45) is 36.5. The number of unbranched alkanes of at least 4 members (excludes halogenated alkanes) is 21. The van der Waals surface area contributed by atoms with Crippen LogP contribution in [-0.2, 0) is 23.9 Å². The molecular formula is C53H101N3O6. The third-order valence-electron chi connectivity index (χ3n) is 13.2. The van der Waals surface area contributed by atoms with Gasteiger partial charge in [0.05, 0.1) is 12.3 Å². The van der Waals surface area contributed by atoms with Gasteiger partial charge in [-0.05, 0) is 95.7 Å². The molecule has 0 aromatic carbocycles. The minimum absolute atomic E-state index is 0.000916. The monoisotopic (exact) mass is 876 g/mol. The Morgan fingerprint density at radius 2 is 1.05 bits per heavy atom. The molecule has 3 N–H and O–H groups in total. The van der Waals surface area contributed by atoms with E-state index in [2.05, 4.69) is 50.2 Å². The van der Waals surface area contributed by atoms with Gasteiger partial charge in [0.1, 0.15) is 11.8 Å². The summed E-state index contributed by atoms with van der Waals surface area (Å²) in [5.41, 5.74) is 1.10. The highest BCUT2D eigenvalue weighted by Gasteiger charge is 2.37. The number of ketones is 1. The first kappa shape index (κ1) is 57.9. The number of carbonyl (C=O) groups is 3. The fourth-order valence-electron chi connectivity index (χ4n) is 8.88. The lowest BCUT2D eigenvalue weighted by Crippen LogP contribution is -2.47. The van der Waals surface area contributed by atoms with E-state index in [9.17, 15) is 19.5 Å². The second kappa shape index (κ2) is 40.4. The molecule has 0 aromatic heterocycles. The van der Waals surface area contributed by atoms with Crippen molar-refractivity contribution in [2.24, 2.45) is 11.8 Å². The topological polar surface area (TPSA) is 117 Å². The molecule has 2 unspecified atom stereocenters. The summed E-state index contributed by atoms with van der Waals surface area (Å²) >= 11 is 0. The van der Waals surface area contributed by atoms with Crippen molar-refractivity contribution in [3.05, 3.63) is 11.4 Å². The van der Waals surface area contributed by atoms with Crippen LogP contribution < -0.4 is 10.6 Å². The largest absolute Gasteiger partial charge is 0.466 e. The zero-order valence-electron chi connectivity index (χ0n) is 41.6. The van der Waals surface area contributed by atoms with Crippen LogP contribution in [0.1, 0.15) is 247 Å². The number of hydrogen-bond donors (Lipinski definition) is 3. The zero-order chi connectivity index (χ0) is 45.5. The highest BCUT2D eigenvalue weighted by atomic mass is 16.5. The number of esters is 2. The van der Waals surface area contributed by atoms with E-state index in [4.69, 9.17) is 9.47 Å². The summed E-state index contributed by atoms with van der Waals surface area (Å²) in [6.45, 7) is 15.6. The van der Waals surface area contributed by atoms with Crippen LogP contribution in [0.15, 0.2) is 11.4 Å². The molecule has 0 spiro atoms. The van der Waals surface area contributed by atoms with Crippen molar-refractivity contribution in [1.82, 2.24) is 15.5 Å². The maximum atomic E-state index is 12.9. The van der Waals surface area contributed by atoms with Crippen LogP contribution in [0.2, 0.25) is 0 Å². The van der Waals surface area contributed by atoms with Crippen LogP contribution >= 0.6 is 0 Å². The average molecular weight is 876 g/mol. The van der Waals surface area contributed by atoms with Gasteiger partial charge in [-0.1, -0.05) is 169 Å². The molecule has 62 heavy (non-hydrogen) atoms. The van der Waals surface area contributed by atoms with Crippen LogP contribution in [0.3, 0.4) is 0 Å². The molecule has 0 fully saturated rings. The zero-order valence-corrected chi connectivity index (χ0v) is 41.6. The first-order valence-electron chi connectivity index (χ1n) is 26.6. The van der Waals surface area contributed by atoms with E-state index in [0.717, 1.165) is 110 Å². The van der Waals surface area contributed by atoms with Crippen molar-refractivity contribution >= 4 is 17.7 Å². The molecule has 0 saturated carbocycles. The number of hydrogen-bond acceptors (Lipinski definition) is 9. The lowest BCUT2D eigenvalue weighted by Gasteiger charge is -2.29. The van der Waals surface area contributed by atoms with Gasteiger partial charge in [0.15, 0.2) is 6.10 Å². The summed E-state index contributed by atoms with van der Waals surface area (Å²) < 4.78 is 11.7. The van der Waals surface area contributed by atoms with Gasteiger partial charge in [0, 0.05) is 26.4 Å². The normalized spacial score (nSPS) is 14.5. The maximum absolute atomic E-state index is 12.9. The number of nitrogens with zero attached hydrogens (tertiary/aromatic N) is 1. The Morgan fingerprint density at radius 1 is 0.597 bits per heavy atom. The fraction of sp³-hybridized carbons (Fsp3) is 0.906. The molecule has 1 aliphatic carbocycles. The van der Waals surface area contributed by atoms with E-state index in [1.807, 2.05) is 0 Å². The molecule has 0 bridgehead atoms. The third kappa shape index (κ3) is 30.1. The van der Waals surface area contributed by atoms with Crippen molar-refractivity contribution < 1.29 is 29.0 Å². The Kier molecular flexibility index (Phi) is 37.7. The van der Waals surface area contributed by atoms with Crippen molar-refractivity contribution in [1.29, 1.82) is 0 Å². The molecule has 0 amide bonds. The van der Waals surface area contributed by atoms with Gasteiger partial charge in [-0.3, -0.25) is 14.4 Å². The predicted octanol–water partition coefficient (Wildman–Crippen LogP) is 12.9. The second-order valence-corrected chi connectivity index (χ2v) is 19.1. The van der Waals surface area contributed by atoms with Crippen molar-refractivity contribution in [3.63, 3.8) is 0 Å². The second-order valence-electron chi connectivity index (χ2n) is 19.1. The van der Waals surface area contributed by atoms with Gasteiger partial charge in [0.2, 0.25) is 5.78 Å². The van der Waals surface area contributed by atoms with Crippen molar-refractivity contribution in [2.75, 3.05) is 39.8 Å². The van der Waals surface area contributed by atoms with Crippen LogP contribution in [0.4, 0.5) is 0 Å². The Morgan fingerprint density at radius 3 is 1.58 bits per heavy atom. The molecule has 0 radical (unpaired) electrons. The Labute approximate surface area is 382 Å². The van der Waals surface area contributed by atoms with Gasteiger partial charge in [0.25, 0.3) is 0 Å². The molecule has 1 aliphatic rings. The Hall–Kier alpha value is -2.13. The van der Waals surface area contributed by atoms with E-state index in [1.54, 1.807) is 7.05 Å². The van der Waals surface area contributed by atoms with Crippen LogP contribution in [-0.4, -0.2) is 79.8 Å². The van der Waals surface area contributed by atoms with Gasteiger partial charge in [-0.25, -0.2) is 0 Å². The highest BCUT2D eigenvalue weighted by molar-refractivity contribution is 6.07. The summed E-state index contributed by atoms with van der Waals surface area (Å²) in [5.74, 6) is 0.994. The van der Waals surface area contributed by atoms with Gasteiger partial charge >= 0.3 is 11.9 Å². The first-order valence-corrected chi connectivity index (χ1v) is 26.6. The number of Topliss-reactive ketones (excluding diaryl/α,β-unsaturated/α-hetero) is 1. The van der Waals surface area contributed by atoms with Crippen LogP contribution in [0.25, 0.3) is 0 Å². The molecule has 364 valence electrons. The van der Waals surface area contributed by atoms with Gasteiger partial charge in [-0.15, -0.1) is 0 Å². The molecule has 2 atom stereocenters. The van der Waals surface area contributed by atoms with Crippen molar-refractivity contribution in [3.8, 4) is 0 Å². The predicted molar refractivity (Wildman–Crippen MR) is 260 cm³/mol. The molecule has 0 saturated heterocycles.